The highest BCUT2D eigenvalue weighted by molar-refractivity contribution is 7.89. The van der Waals surface area contributed by atoms with Crippen molar-refractivity contribution in [2.45, 2.75) is 30.9 Å². The molecule has 0 fully saturated rings. The topological polar surface area (TPSA) is 66.4 Å². The van der Waals surface area contributed by atoms with Crippen LogP contribution in [0.25, 0.3) is 0 Å². The van der Waals surface area contributed by atoms with Crippen molar-refractivity contribution in [1.29, 1.82) is 0 Å². The Hall–Kier alpha value is -1.21. The Labute approximate surface area is 123 Å². The molecule has 0 bridgehead atoms. The molecular formula is C14H17NO3S2. The van der Waals surface area contributed by atoms with Crippen molar-refractivity contribution < 1.29 is 13.5 Å². The molecule has 20 heavy (non-hydrogen) atoms. The zero-order valence-corrected chi connectivity index (χ0v) is 12.9. The molecule has 1 heterocycles. The van der Waals surface area contributed by atoms with Gasteiger partial charge >= 0.3 is 0 Å². The van der Waals surface area contributed by atoms with Crippen LogP contribution < -0.4 is 4.72 Å². The van der Waals surface area contributed by atoms with Gasteiger partial charge in [-0.05, 0) is 53.9 Å². The summed E-state index contributed by atoms with van der Waals surface area (Å²) >= 11 is 1.53. The van der Waals surface area contributed by atoms with Crippen molar-refractivity contribution in [2.75, 3.05) is 0 Å². The molecule has 0 saturated carbocycles. The van der Waals surface area contributed by atoms with E-state index in [0.717, 1.165) is 5.56 Å². The quantitative estimate of drug-likeness (QED) is 0.892. The van der Waals surface area contributed by atoms with Crippen LogP contribution in [0.4, 0.5) is 0 Å². The van der Waals surface area contributed by atoms with Crippen molar-refractivity contribution in [3.63, 3.8) is 0 Å². The van der Waals surface area contributed by atoms with Gasteiger partial charge in [-0.3, -0.25) is 0 Å². The van der Waals surface area contributed by atoms with E-state index in [1.54, 1.807) is 26.0 Å². The summed E-state index contributed by atoms with van der Waals surface area (Å²) in [6.45, 7) is 3.41. The summed E-state index contributed by atoms with van der Waals surface area (Å²) in [5.41, 5.74) is 1.52. The smallest absolute Gasteiger partial charge is 0.241 e. The third kappa shape index (κ3) is 3.46. The lowest BCUT2D eigenvalue weighted by molar-refractivity contribution is 0.199. The van der Waals surface area contributed by atoms with Gasteiger partial charge in [0.15, 0.2) is 0 Å². The first kappa shape index (κ1) is 15.2. The Morgan fingerprint density at radius 2 is 1.95 bits per heavy atom. The Bertz CT molecular complexity index is 663. The second kappa shape index (κ2) is 6.05. The summed E-state index contributed by atoms with van der Waals surface area (Å²) < 4.78 is 27.3. The van der Waals surface area contributed by atoms with Crippen molar-refractivity contribution in [2.24, 2.45) is 0 Å². The predicted octanol–water partition coefficient (Wildman–Crippen LogP) is 2.84. The minimum atomic E-state index is -3.60. The van der Waals surface area contributed by atoms with Gasteiger partial charge in [-0.25, -0.2) is 13.1 Å². The Balaban J connectivity index is 2.24. The lowest BCUT2D eigenvalue weighted by Gasteiger charge is -2.14. The summed E-state index contributed by atoms with van der Waals surface area (Å²) in [5.74, 6) is 0. The van der Waals surface area contributed by atoms with Crippen molar-refractivity contribution in [3.05, 3.63) is 52.2 Å². The zero-order valence-electron chi connectivity index (χ0n) is 11.3. The largest absolute Gasteiger partial charge is 0.389 e. The standard InChI is InChI=1S/C14H17NO3S2/c1-10(13-6-7-19-9-13)15-20(17,18)14-5-3-4-12(8-14)11(2)16/h3-11,15-16H,1-2H3. The highest BCUT2D eigenvalue weighted by atomic mass is 32.2. The fraction of sp³-hybridized carbons (Fsp3) is 0.286. The van der Waals surface area contributed by atoms with Gasteiger partial charge < -0.3 is 5.11 Å². The van der Waals surface area contributed by atoms with Crippen LogP contribution in [0.1, 0.15) is 37.1 Å². The van der Waals surface area contributed by atoms with Crippen LogP contribution >= 0.6 is 11.3 Å². The maximum Gasteiger partial charge on any atom is 0.241 e. The van der Waals surface area contributed by atoms with Gasteiger partial charge in [-0.2, -0.15) is 11.3 Å². The van der Waals surface area contributed by atoms with E-state index in [-0.39, 0.29) is 10.9 Å². The number of hydrogen-bond donors (Lipinski definition) is 2. The molecule has 0 aliphatic rings. The second-order valence-corrected chi connectivity index (χ2v) is 7.14. The van der Waals surface area contributed by atoms with Crippen molar-refractivity contribution in [3.8, 4) is 0 Å². The zero-order chi connectivity index (χ0) is 14.8. The van der Waals surface area contributed by atoms with Crippen molar-refractivity contribution >= 4 is 21.4 Å². The SMILES string of the molecule is CC(O)c1cccc(S(=O)(=O)NC(C)c2ccsc2)c1. The molecule has 0 amide bonds. The molecule has 108 valence electrons. The van der Waals surface area contributed by atoms with Gasteiger partial charge in [-0.15, -0.1) is 0 Å². The lowest BCUT2D eigenvalue weighted by Crippen LogP contribution is -2.26. The monoisotopic (exact) mass is 311 g/mol. The van der Waals surface area contributed by atoms with E-state index in [1.165, 1.54) is 23.5 Å². The summed E-state index contributed by atoms with van der Waals surface area (Å²) in [5, 5.41) is 13.4. The molecule has 0 spiro atoms. The van der Waals surface area contributed by atoms with Gasteiger partial charge in [-0.1, -0.05) is 12.1 Å². The molecule has 0 aliphatic heterocycles. The van der Waals surface area contributed by atoms with E-state index in [9.17, 15) is 13.5 Å². The van der Waals surface area contributed by atoms with Gasteiger partial charge in [0.25, 0.3) is 0 Å². The van der Waals surface area contributed by atoms with Crippen LogP contribution in [0.2, 0.25) is 0 Å². The number of hydrogen-bond acceptors (Lipinski definition) is 4. The normalized spacial score (nSPS) is 14.9. The Morgan fingerprint density at radius 3 is 2.55 bits per heavy atom. The molecule has 1 aromatic heterocycles. The minimum absolute atomic E-state index is 0.165. The van der Waals surface area contributed by atoms with Gasteiger partial charge in [0.2, 0.25) is 10.0 Å². The number of aliphatic hydroxyl groups excluding tert-OH is 1. The number of sulfonamides is 1. The highest BCUT2D eigenvalue weighted by Crippen LogP contribution is 2.21. The van der Waals surface area contributed by atoms with Crippen LogP contribution in [-0.2, 0) is 10.0 Å². The van der Waals surface area contributed by atoms with Crippen LogP contribution in [0, 0.1) is 0 Å². The average Bonchev–Trinajstić information content (AvgIpc) is 2.92. The minimum Gasteiger partial charge on any atom is -0.389 e. The molecule has 2 N–H and O–H groups in total. The first-order valence-electron chi connectivity index (χ1n) is 6.22. The molecule has 2 rings (SSSR count). The molecule has 0 saturated heterocycles. The fourth-order valence-corrected chi connectivity index (χ4v) is 3.87. The Kier molecular flexibility index (Phi) is 4.59. The van der Waals surface area contributed by atoms with Gasteiger partial charge in [0.1, 0.15) is 0 Å². The maximum absolute atomic E-state index is 12.3. The first-order valence-corrected chi connectivity index (χ1v) is 8.65. The summed E-state index contributed by atoms with van der Waals surface area (Å²) in [7, 11) is -3.60. The van der Waals surface area contributed by atoms with Crippen LogP contribution in [0.5, 0.6) is 0 Å². The van der Waals surface area contributed by atoms with E-state index in [0.29, 0.717) is 5.56 Å². The summed E-state index contributed by atoms with van der Waals surface area (Å²) in [6.07, 6.45) is -0.695. The number of aliphatic hydroxyl groups is 1. The molecule has 4 nitrogen and oxygen atoms in total. The summed E-state index contributed by atoms with van der Waals surface area (Å²) in [4.78, 5) is 0.165. The third-order valence-electron chi connectivity index (χ3n) is 3.03. The molecule has 2 aromatic rings. The first-order chi connectivity index (χ1) is 9.40. The highest BCUT2D eigenvalue weighted by Gasteiger charge is 2.19. The van der Waals surface area contributed by atoms with E-state index in [4.69, 9.17) is 0 Å². The second-order valence-electron chi connectivity index (χ2n) is 4.65. The van der Waals surface area contributed by atoms with Crippen LogP contribution in [0.15, 0.2) is 46.0 Å². The molecule has 2 unspecified atom stereocenters. The van der Waals surface area contributed by atoms with E-state index >= 15 is 0 Å². The van der Waals surface area contributed by atoms with E-state index in [2.05, 4.69) is 4.72 Å². The van der Waals surface area contributed by atoms with E-state index in [1.807, 2.05) is 16.8 Å². The number of rotatable bonds is 5. The van der Waals surface area contributed by atoms with Crippen LogP contribution in [0.3, 0.4) is 0 Å². The summed E-state index contributed by atoms with van der Waals surface area (Å²) in [6, 6.07) is 7.95. The molecule has 1 aromatic carbocycles. The molecule has 6 heteroatoms. The van der Waals surface area contributed by atoms with Gasteiger partial charge in [0, 0.05) is 6.04 Å². The average molecular weight is 311 g/mol. The number of thiophene rings is 1. The number of nitrogens with one attached hydrogen (secondary N) is 1. The maximum atomic E-state index is 12.3. The molecular weight excluding hydrogens is 294 g/mol. The Morgan fingerprint density at radius 1 is 1.20 bits per heavy atom. The number of benzene rings is 1. The van der Waals surface area contributed by atoms with E-state index < -0.39 is 16.1 Å². The predicted molar refractivity (Wildman–Crippen MR) is 80.1 cm³/mol. The molecule has 2 atom stereocenters. The fourth-order valence-electron chi connectivity index (χ4n) is 1.83. The lowest BCUT2D eigenvalue weighted by atomic mass is 10.1. The van der Waals surface area contributed by atoms with Crippen molar-refractivity contribution in [1.82, 2.24) is 4.72 Å². The van der Waals surface area contributed by atoms with Crippen LogP contribution in [-0.4, -0.2) is 13.5 Å². The third-order valence-corrected chi connectivity index (χ3v) is 5.27. The van der Waals surface area contributed by atoms with Gasteiger partial charge in [0.05, 0.1) is 11.0 Å². The molecule has 0 radical (unpaired) electrons. The molecule has 0 aliphatic carbocycles.